The molecule has 0 aliphatic carbocycles. The average molecular weight is 332 g/mol. The van der Waals surface area contributed by atoms with Crippen LogP contribution in [0.2, 0.25) is 0 Å². The summed E-state index contributed by atoms with van der Waals surface area (Å²) < 4.78 is 1.01. The molecule has 3 N–H and O–H groups in total. The smallest absolute Gasteiger partial charge is 0.322 e. The van der Waals surface area contributed by atoms with E-state index in [4.69, 9.17) is 5.73 Å². The van der Waals surface area contributed by atoms with Gasteiger partial charge in [0.05, 0.1) is 12.6 Å². The highest BCUT2D eigenvalue weighted by Crippen LogP contribution is 2.27. The molecule has 4 nitrogen and oxygen atoms in total. The first-order valence-corrected chi connectivity index (χ1v) is 7.12. The predicted molar refractivity (Wildman–Crippen MR) is 83.6 cm³/mol. The van der Waals surface area contributed by atoms with E-state index in [0.29, 0.717) is 12.2 Å². The van der Waals surface area contributed by atoms with E-state index in [0.717, 1.165) is 15.7 Å². The van der Waals surface area contributed by atoms with Crippen molar-refractivity contribution in [2.24, 2.45) is 0 Å². The van der Waals surface area contributed by atoms with Gasteiger partial charge in [0.25, 0.3) is 0 Å². The molecule has 1 atom stereocenters. The molecule has 2 aromatic rings. The van der Waals surface area contributed by atoms with E-state index in [2.05, 4.69) is 21.2 Å². The number of nitrogens with two attached hydrogens (primary N) is 1. The van der Waals surface area contributed by atoms with Crippen molar-refractivity contribution in [3.63, 3.8) is 0 Å². The highest BCUT2D eigenvalue weighted by Gasteiger charge is 2.30. The van der Waals surface area contributed by atoms with Gasteiger partial charge in [0, 0.05) is 15.8 Å². The van der Waals surface area contributed by atoms with E-state index in [1.165, 1.54) is 0 Å². The molecule has 0 radical (unpaired) electrons. The van der Waals surface area contributed by atoms with Crippen LogP contribution >= 0.6 is 15.9 Å². The highest BCUT2D eigenvalue weighted by atomic mass is 79.9. The summed E-state index contributed by atoms with van der Waals surface area (Å²) in [5, 5.41) is 3.00. The normalized spacial score (nSPS) is 18.1. The minimum Gasteiger partial charge on any atom is -0.399 e. The molecule has 1 fully saturated rings. The number of hydrogen-bond donors (Lipinski definition) is 2. The SMILES string of the molecule is Nc1ccc(N2CC(c3cccc(Br)c3)NC2=O)cc1. The second-order valence-electron chi connectivity index (χ2n) is 4.76. The Hall–Kier alpha value is -2.01. The first-order chi connectivity index (χ1) is 9.63. The van der Waals surface area contributed by atoms with Gasteiger partial charge in [-0.15, -0.1) is 0 Å². The van der Waals surface area contributed by atoms with E-state index in [9.17, 15) is 4.79 Å². The molecule has 0 aromatic heterocycles. The summed E-state index contributed by atoms with van der Waals surface area (Å²) >= 11 is 3.45. The van der Waals surface area contributed by atoms with Gasteiger partial charge >= 0.3 is 6.03 Å². The Morgan fingerprint density at radius 1 is 1.20 bits per heavy atom. The molecule has 0 saturated carbocycles. The molecule has 2 aromatic carbocycles. The molecular weight excluding hydrogens is 318 g/mol. The van der Waals surface area contributed by atoms with E-state index >= 15 is 0 Å². The Morgan fingerprint density at radius 2 is 1.95 bits per heavy atom. The Balaban J connectivity index is 1.83. The number of nitrogens with zero attached hydrogens (tertiary/aromatic N) is 1. The number of carbonyl (C=O) groups is 1. The molecule has 20 heavy (non-hydrogen) atoms. The van der Waals surface area contributed by atoms with E-state index in [-0.39, 0.29) is 12.1 Å². The van der Waals surface area contributed by atoms with Crippen molar-refractivity contribution in [1.29, 1.82) is 0 Å². The minimum atomic E-state index is -0.0836. The zero-order chi connectivity index (χ0) is 14.1. The topological polar surface area (TPSA) is 58.4 Å². The van der Waals surface area contributed by atoms with Crippen LogP contribution < -0.4 is 16.0 Å². The summed E-state index contributed by atoms with van der Waals surface area (Å²) in [5.74, 6) is 0. The van der Waals surface area contributed by atoms with Crippen LogP contribution in [0.3, 0.4) is 0 Å². The van der Waals surface area contributed by atoms with E-state index in [1.54, 1.807) is 17.0 Å². The van der Waals surface area contributed by atoms with Crippen LogP contribution in [-0.4, -0.2) is 12.6 Å². The highest BCUT2D eigenvalue weighted by molar-refractivity contribution is 9.10. The number of nitrogens with one attached hydrogen (secondary N) is 1. The number of halogens is 1. The van der Waals surface area contributed by atoms with Crippen LogP contribution in [-0.2, 0) is 0 Å². The predicted octanol–water partition coefficient (Wildman–Crippen LogP) is 3.30. The van der Waals surface area contributed by atoms with Gasteiger partial charge in [-0.05, 0) is 42.0 Å². The number of hydrogen-bond acceptors (Lipinski definition) is 2. The van der Waals surface area contributed by atoms with Gasteiger partial charge in [-0.25, -0.2) is 4.79 Å². The van der Waals surface area contributed by atoms with Crippen molar-refractivity contribution in [1.82, 2.24) is 5.32 Å². The first-order valence-electron chi connectivity index (χ1n) is 6.32. The van der Waals surface area contributed by atoms with Gasteiger partial charge < -0.3 is 11.1 Å². The van der Waals surface area contributed by atoms with Gasteiger partial charge in [0.1, 0.15) is 0 Å². The van der Waals surface area contributed by atoms with Crippen LogP contribution in [0.15, 0.2) is 53.0 Å². The maximum atomic E-state index is 12.1. The maximum absolute atomic E-state index is 12.1. The summed E-state index contributed by atoms with van der Waals surface area (Å²) in [7, 11) is 0. The fourth-order valence-corrected chi connectivity index (χ4v) is 2.74. The number of anilines is 2. The number of benzene rings is 2. The molecule has 1 unspecified atom stereocenters. The summed E-state index contributed by atoms with van der Waals surface area (Å²) in [5.41, 5.74) is 8.31. The minimum absolute atomic E-state index is 0.00227. The lowest BCUT2D eigenvalue weighted by atomic mass is 10.1. The zero-order valence-electron chi connectivity index (χ0n) is 10.7. The zero-order valence-corrected chi connectivity index (χ0v) is 12.3. The van der Waals surface area contributed by atoms with Crippen molar-refractivity contribution in [2.75, 3.05) is 17.2 Å². The third-order valence-electron chi connectivity index (χ3n) is 3.36. The Kier molecular flexibility index (Phi) is 3.36. The summed E-state index contributed by atoms with van der Waals surface area (Å²) in [6, 6.07) is 15.2. The van der Waals surface area contributed by atoms with Crippen molar-refractivity contribution < 1.29 is 4.79 Å². The first kappa shape index (κ1) is 13.0. The van der Waals surface area contributed by atoms with Crippen molar-refractivity contribution in [3.05, 3.63) is 58.6 Å². The second kappa shape index (κ2) is 5.17. The molecule has 3 rings (SSSR count). The Labute approximate surface area is 125 Å². The summed E-state index contributed by atoms with van der Waals surface area (Å²) in [6.45, 7) is 0.610. The number of carbonyl (C=O) groups excluding carboxylic acids is 1. The molecule has 2 amide bonds. The molecule has 1 saturated heterocycles. The van der Waals surface area contributed by atoms with Crippen molar-refractivity contribution in [3.8, 4) is 0 Å². The number of urea groups is 1. The van der Waals surface area contributed by atoms with Crippen LogP contribution in [0.4, 0.5) is 16.2 Å². The molecular formula is C15H14BrN3O. The molecule has 1 heterocycles. The number of amides is 2. The van der Waals surface area contributed by atoms with Gasteiger partial charge in [-0.3, -0.25) is 4.90 Å². The largest absolute Gasteiger partial charge is 0.399 e. The van der Waals surface area contributed by atoms with E-state index < -0.39 is 0 Å². The molecule has 102 valence electrons. The van der Waals surface area contributed by atoms with Gasteiger partial charge in [-0.1, -0.05) is 28.1 Å². The van der Waals surface area contributed by atoms with Gasteiger partial charge in [0.15, 0.2) is 0 Å². The molecule has 1 aliphatic rings. The average Bonchev–Trinajstić information content (AvgIpc) is 2.82. The van der Waals surface area contributed by atoms with Crippen LogP contribution in [0.5, 0.6) is 0 Å². The maximum Gasteiger partial charge on any atom is 0.322 e. The van der Waals surface area contributed by atoms with Crippen LogP contribution in [0.1, 0.15) is 11.6 Å². The Morgan fingerprint density at radius 3 is 2.65 bits per heavy atom. The fraction of sp³-hybridized carbons (Fsp3) is 0.133. The van der Waals surface area contributed by atoms with Gasteiger partial charge in [0.2, 0.25) is 0 Å². The number of rotatable bonds is 2. The van der Waals surface area contributed by atoms with Crippen LogP contribution in [0.25, 0.3) is 0 Å². The lowest BCUT2D eigenvalue weighted by molar-refractivity contribution is 0.251. The lowest BCUT2D eigenvalue weighted by Gasteiger charge is -2.15. The van der Waals surface area contributed by atoms with Crippen molar-refractivity contribution in [2.45, 2.75) is 6.04 Å². The summed E-state index contributed by atoms with van der Waals surface area (Å²) in [6.07, 6.45) is 0. The third kappa shape index (κ3) is 2.49. The lowest BCUT2D eigenvalue weighted by Crippen LogP contribution is -2.27. The molecule has 1 aliphatic heterocycles. The summed E-state index contributed by atoms with van der Waals surface area (Å²) in [4.78, 5) is 13.8. The molecule has 5 heteroatoms. The third-order valence-corrected chi connectivity index (χ3v) is 3.86. The number of nitrogen functional groups attached to an aromatic ring is 1. The van der Waals surface area contributed by atoms with Crippen molar-refractivity contribution >= 4 is 33.3 Å². The second-order valence-corrected chi connectivity index (χ2v) is 5.67. The van der Waals surface area contributed by atoms with E-state index in [1.807, 2.05) is 36.4 Å². The van der Waals surface area contributed by atoms with Crippen LogP contribution in [0, 0.1) is 0 Å². The Bertz CT molecular complexity index is 642. The molecule has 0 spiro atoms. The molecule has 0 bridgehead atoms. The monoisotopic (exact) mass is 331 g/mol. The fourth-order valence-electron chi connectivity index (χ4n) is 2.33. The standard InChI is InChI=1S/C15H14BrN3O/c16-11-3-1-2-10(8-11)14-9-19(15(20)18-14)13-6-4-12(17)5-7-13/h1-8,14H,9,17H2,(H,18,20). The quantitative estimate of drug-likeness (QED) is 0.829. The van der Waals surface area contributed by atoms with Gasteiger partial charge in [-0.2, -0.15) is 0 Å².